The van der Waals surface area contributed by atoms with E-state index in [1.54, 1.807) is 6.92 Å². The highest BCUT2D eigenvalue weighted by molar-refractivity contribution is 9.10. The van der Waals surface area contributed by atoms with Crippen molar-refractivity contribution in [3.8, 4) is 22.5 Å². The number of aromatic nitrogens is 2. The molecule has 0 aliphatic heterocycles. The zero-order valence-corrected chi connectivity index (χ0v) is 16.0. The van der Waals surface area contributed by atoms with Gasteiger partial charge < -0.3 is 14.2 Å². The maximum Gasteiger partial charge on any atom is 0.269 e. The normalized spacial score (nSPS) is 11.2. The lowest BCUT2D eigenvalue weighted by Crippen LogP contribution is -2.23. The molecule has 0 spiro atoms. The van der Waals surface area contributed by atoms with Gasteiger partial charge in [0, 0.05) is 24.2 Å². The third-order valence-electron chi connectivity index (χ3n) is 3.90. The Labute approximate surface area is 164 Å². The summed E-state index contributed by atoms with van der Waals surface area (Å²) in [4.78, 5) is 12.4. The molecule has 142 valence electrons. The average molecular weight is 464 g/mol. The Morgan fingerprint density at radius 3 is 2.41 bits per heavy atom. The fourth-order valence-electron chi connectivity index (χ4n) is 2.73. The number of halogens is 5. The molecular formula is C17H11BrClF3N2O3. The van der Waals surface area contributed by atoms with Gasteiger partial charge in [0.1, 0.15) is 34.8 Å². The summed E-state index contributed by atoms with van der Waals surface area (Å²) in [5.41, 5.74) is -1.33. The Hall–Kier alpha value is -2.10. The Kier molecular flexibility index (Phi) is 5.45. The number of hydrogen-bond donors (Lipinski definition) is 1. The minimum Gasteiger partial charge on any atom is -0.388 e. The summed E-state index contributed by atoms with van der Waals surface area (Å²) in [7, 11) is 0. The second-order valence-corrected chi connectivity index (χ2v) is 6.68. The molecule has 0 fully saturated rings. The van der Waals surface area contributed by atoms with Crippen LogP contribution in [0.15, 0.2) is 32.0 Å². The molecule has 5 nitrogen and oxygen atoms in total. The summed E-state index contributed by atoms with van der Waals surface area (Å²) >= 11 is 9.20. The van der Waals surface area contributed by atoms with Crippen molar-refractivity contribution in [3.05, 3.63) is 61.3 Å². The fraction of sp³-hybridized carbons (Fsp3) is 0.176. The first kappa shape index (κ1) is 19.7. The predicted octanol–water partition coefficient (Wildman–Crippen LogP) is 4.52. The van der Waals surface area contributed by atoms with E-state index in [2.05, 4.69) is 21.1 Å². The molecule has 0 saturated carbocycles. The molecule has 2 aromatic heterocycles. The largest absolute Gasteiger partial charge is 0.388 e. The summed E-state index contributed by atoms with van der Waals surface area (Å²) < 4.78 is 48.6. The predicted molar refractivity (Wildman–Crippen MR) is 95.8 cm³/mol. The van der Waals surface area contributed by atoms with Crippen molar-refractivity contribution in [1.29, 1.82) is 0 Å². The lowest BCUT2D eigenvalue weighted by molar-refractivity contribution is 0.228. The van der Waals surface area contributed by atoms with Crippen molar-refractivity contribution in [2.24, 2.45) is 0 Å². The standard InChI is InChI=1S/C17H11BrClF3N2O3/c1-2-24-16(13-10(21)3-7(20)4-11(13)22)8(5-9(19)17(24)26)15-14(18)12(6-25)27-23-15/h3-5,25H,2,6H2,1H3. The summed E-state index contributed by atoms with van der Waals surface area (Å²) in [6.45, 7) is 1.13. The Morgan fingerprint density at radius 1 is 1.26 bits per heavy atom. The van der Waals surface area contributed by atoms with Crippen LogP contribution in [0.25, 0.3) is 22.5 Å². The van der Waals surface area contributed by atoms with Gasteiger partial charge in [-0.05, 0) is 28.9 Å². The van der Waals surface area contributed by atoms with Crippen LogP contribution in [0, 0.1) is 17.5 Å². The molecule has 10 heteroatoms. The van der Waals surface area contributed by atoms with E-state index in [4.69, 9.17) is 16.1 Å². The smallest absolute Gasteiger partial charge is 0.269 e. The summed E-state index contributed by atoms with van der Waals surface area (Å²) in [6, 6.07) is 2.22. The zero-order valence-electron chi connectivity index (χ0n) is 13.7. The van der Waals surface area contributed by atoms with E-state index >= 15 is 0 Å². The van der Waals surface area contributed by atoms with Crippen LogP contribution in [0.4, 0.5) is 13.2 Å². The monoisotopic (exact) mass is 462 g/mol. The van der Waals surface area contributed by atoms with Crippen LogP contribution in [-0.2, 0) is 13.2 Å². The van der Waals surface area contributed by atoms with Crippen molar-refractivity contribution in [2.75, 3.05) is 0 Å². The van der Waals surface area contributed by atoms with Gasteiger partial charge in [0.25, 0.3) is 5.56 Å². The second kappa shape index (κ2) is 7.49. The maximum absolute atomic E-state index is 14.5. The number of aliphatic hydroxyl groups is 1. The first-order chi connectivity index (χ1) is 12.8. The van der Waals surface area contributed by atoms with Crippen molar-refractivity contribution in [2.45, 2.75) is 20.1 Å². The van der Waals surface area contributed by atoms with Gasteiger partial charge in [-0.2, -0.15) is 0 Å². The third-order valence-corrected chi connectivity index (χ3v) is 4.99. The number of aliphatic hydroxyl groups excluding tert-OH is 1. The highest BCUT2D eigenvalue weighted by Crippen LogP contribution is 2.39. The minimum atomic E-state index is -1.19. The molecule has 0 radical (unpaired) electrons. The second-order valence-electron chi connectivity index (χ2n) is 5.47. The topological polar surface area (TPSA) is 68.3 Å². The van der Waals surface area contributed by atoms with Crippen LogP contribution >= 0.6 is 27.5 Å². The summed E-state index contributed by atoms with van der Waals surface area (Å²) in [5.74, 6) is -3.42. The van der Waals surface area contributed by atoms with Gasteiger partial charge in [-0.15, -0.1) is 0 Å². The fourth-order valence-corrected chi connectivity index (χ4v) is 3.43. The molecule has 3 aromatic rings. The molecule has 0 aliphatic carbocycles. The van der Waals surface area contributed by atoms with Gasteiger partial charge in [0.2, 0.25) is 0 Å². The third kappa shape index (κ3) is 3.30. The van der Waals surface area contributed by atoms with E-state index in [1.165, 1.54) is 6.07 Å². The zero-order chi connectivity index (χ0) is 19.9. The average Bonchev–Trinajstić information content (AvgIpc) is 2.97. The number of benzene rings is 1. The van der Waals surface area contributed by atoms with E-state index < -0.39 is 35.2 Å². The van der Waals surface area contributed by atoms with Crippen LogP contribution in [0.1, 0.15) is 12.7 Å². The molecule has 0 saturated heterocycles. The molecule has 27 heavy (non-hydrogen) atoms. The van der Waals surface area contributed by atoms with Crippen LogP contribution in [0.3, 0.4) is 0 Å². The van der Waals surface area contributed by atoms with Crippen LogP contribution in [0.5, 0.6) is 0 Å². The SMILES string of the molecule is CCn1c(-c2c(F)cc(F)cc2F)c(-c2noc(CO)c2Br)cc(Cl)c1=O. The lowest BCUT2D eigenvalue weighted by atomic mass is 10.0. The number of hydrogen-bond acceptors (Lipinski definition) is 4. The highest BCUT2D eigenvalue weighted by Gasteiger charge is 2.26. The van der Waals surface area contributed by atoms with Gasteiger partial charge in [-0.1, -0.05) is 16.8 Å². The van der Waals surface area contributed by atoms with Gasteiger partial charge in [0.15, 0.2) is 5.76 Å². The van der Waals surface area contributed by atoms with E-state index in [0.717, 1.165) is 4.57 Å². The van der Waals surface area contributed by atoms with E-state index in [1.807, 2.05) is 0 Å². The van der Waals surface area contributed by atoms with Crippen LogP contribution in [0.2, 0.25) is 5.02 Å². The van der Waals surface area contributed by atoms with Crippen molar-refractivity contribution >= 4 is 27.5 Å². The molecule has 1 aromatic carbocycles. The Balaban J connectivity index is 2.48. The summed E-state index contributed by atoms with van der Waals surface area (Å²) in [6.07, 6.45) is 0. The van der Waals surface area contributed by atoms with E-state index in [0.29, 0.717) is 12.1 Å². The molecule has 3 rings (SSSR count). The van der Waals surface area contributed by atoms with Gasteiger partial charge >= 0.3 is 0 Å². The first-order valence-electron chi connectivity index (χ1n) is 7.63. The van der Waals surface area contributed by atoms with E-state index in [9.17, 15) is 23.1 Å². The minimum absolute atomic E-state index is 0.0281. The van der Waals surface area contributed by atoms with Gasteiger partial charge in [-0.25, -0.2) is 13.2 Å². The number of nitrogens with zero attached hydrogens (tertiary/aromatic N) is 2. The van der Waals surface area contributed by atoms with Crippen molar-refractivity contribution in [1.82, 2.24) is 9.72 Å². The molecule has 0 unspecified atom stereocenters. The van der Waals surface area contributed by atoms with Crippen molar-refractivity contribution < 1.29 is 22.8 Å². The molecule has 1 N–H and O–H groups in total. The van der Waals surface area contributed by atoms with Gasteiger partial charge in [0.05, 0.1) is 15.7 Å². The Bertz CT molecular complexity index is 1070. The molecule has 0 aliphatic rings. The first-order valence-corrected chi connectivity index (χ1v) is 8.80. The van der Waals surface area contributed by atoms with E-state index in [-0.39, 0.29) is 38.8 Å². The van der Waals surface area contributed by atoms with Crippen LogP contribution in [-0.4, -0.2) is 14.8 Å². The molecule has 0 bridgehead atoms. The molecular weight excluding hydrogens is 453 g/mol. The van der Waals surface area contributed by atoms with Crippen LogP contribution < -0.4 is 5.56 Å². The highest BCUT2D eigenvalue weighted by atomic mass is 79.9. The lowest BCUT2D eigenvalue weighted by Gasteiger charge is -2.17. The molecule has 0 atom stereocenters. The Morgan fingerprint density at radius 2 is 1.89 bits per heavy atom. The number of rotatable bonds is 4. The molecule has 0 amide bonds. The quantitative estimate of drug-likeness (QED) is 0.618. The van der Waals surface area contributed by atoms with Crippen molar-refractivity contribution in [3.63, 3.8) is 0 Å². The van der Waals surface area contributed by atoms with Gasteiger partial charge in [-0.3, -0.25) is 4.79 Å². The summed E-state index contributed by atoms with van der Waals surface area (Å²) in [5, 5.41) is 12.9. The number of pyridine rings is 1. The maximum atomic E-state index is 14.5. The molecule has 2 heterocycles.